The first kappa shape index (κ1) is 14.3. The molecule has 1 aliphatic rings. The quantitative estimate of drug-likeness (QED) is 0.887. The smallest absolute Gasteiger partial charge is 0.222 e. The second kappa shape index (κ2) is 6.89. The molecule has 1 aliphatic heterocycles. The molecule has 1 aromatic rings. The van der Waals surface area contributed by atoms with Gasteiger partial charge in [-0.3, -0.25) is 4.79 Å². The second-order valence-electron chi connectivity index (χ2n) is 4.77. The van der Waals surface area contributed by atoms with Gasteiger partial charge in [0.25, 0.3) is 0 Å². The fraction of sp³-hybridized carbons (Fsp3) is 0.500. The first-order chi connectivity index (χ1) is 9.15. The topological polar surface area (TPSA) is 50.4 Å². The minimum atomic E-state index is -0.0456. The third kappa shape index (κ3) is 4.49. The van der Waals surface area contributed by atoms with Crippen molar-refractivity contribution >= 4 is 17.5 Å². The van der Waals surface area contributed by atoms with E-state index in [2.05, 4.69) is 10.6 Å². The third-order valence-corrected chi connectivity index (χ3v) is 3.39. The number of hydrogen-bond donors (Lipinski definition) is 2. The lowest BCUT2D eigenvalue weighted by molar-refractivity contribution is -0.122. The molecule has 0 radical (unpaired) electrons. The van der Waals surface area contributed by atoms with Crippen LogP contribution in [0.4, 0.5) is 0 Å². The van der Waals surface area contributed by atoms with E-state index in [4.69, 9.17) is 16.3 Å². The highest BCUT2D eigenvalue weighted by molar-refractivity contribution is 6.30. The number of ether oxygens (including phenoxy) is 1. The minimum absolute atomic E-state index is 0.0236. The molecule has 1 heterocycles. The number of rotatable bonds is 4. The molecular weight excluding hydrogens is 264 g/mol. The number of morpholine rings is 1. The predicted octanol–water partition coefficient (Wildman–Crippen LogP) is 1.90. The zero-order chi connectivity index (χ0) is 13.7. The average Bonchev–Trinajstić information content (AvgIpc) is 2.39. The Morgan fingerprint density at radius 3 is 3.16 bits per heavy atom. The Morgan fingerprint density at radius 2 is 2.47 bits per heavy atom. The fourth-order valence-electron chi connectivity index (χ4n) is 2.13. The van der Waals surface area contributed by atoms with Crippen LogP contribution in [0.25, 0.3) is 0 Å². The molecule has 0 saturated carbocycles. The number of amides is 1. The number of carbonyl (C=O) groups is 1. The number of halogens is 1. The van der Waals surface area contributed by atoms with Crippen LogP contribution in [0.2, 0.25) is 5.02 Å². The van der Waals surface area contributed by atoms with E-state index in [0.717, 1.165) is 18.7 Å². The van der Waals surface area contributed by atoms with Crippen LogP contribution in [0.5, 0.6) is 0 Å². The van der Waals surface area contributed by atoms with Gasteiger partial charge in [-0.1, -0.05) is 23.7 Å². The van der Waals surface area contributed by atoms with Crippen LogP contribution in [0.15, 0.2) is 24.3 Å². The van der Waals surface area contributed by atoms with Crippen LogP contribution in [-0.4, -0.2) is 31.7 Å². The van der Waals surface area contributed by atoms with Gasteiger partial charge in [-0.25, -0.2) is 0 Å². The maximum atomic E-state index is 11.9. The van der Waals surface area contributed by atoms with Gasteiger partial charge < -0.3 is 15.4 Å². The highest BCUT2D eigenvalue weighted by Gasteiger charge is 2.18. The monoisotopic (exact) mass is 282 g/mol. The van der Waals surface area contributed by atoms with E-state index in [1.807, 2.05) is 31.2 Å². The van der Waals surface area contributed by atoms with Crippen LogP contribution in [0, 0.1) is 0 Å². The van der Waals surface area contributed by atoms with Crippen molar-refractivity contribution in [3.8, 4) is 0 Å². The summed E-state index contributed by atoms with van der Waals surface area (Å²) in [5.74, 6) is 0.0236. The summed E-state index contributed by atoms with van der Waals surface area (Å²) in [5, 5.41) is 6.92. The van der Waals surface area contributed by atoms with Gasteiger partial charge in [0.05, 0.1) is 19.3 Å². The van der Waals surface area contributed by atoms with Crippen LogP contribution >= 0.6 is 11.6 Å². The van der Waals surface area contributed by atoms with Crippen molar-refractivity contribution in [2.24, 2.45) is 0 Å². The fourth-order valence-corrected chi connectivity index (χ4v) is 2.33. The van der Waals surface area contributed by atoms with Crippen LogP contribution in [0.1, 0.15) is 24.9 Å². The summed E-state index contributed by atoms with van der Waals surface area (Å²) in [6.07, 6.45) is 0.435. The molecule has 0 aromatic heterocycles. The summed E-state index contributed by atoms with van der Waals surface area (Å²) in [7, 11) is 0. The van der Waals surface area contributed by atoms with Crippen molar-refractivity contribution in [3.05, 3.63) is 34.9 Å². The zero-order valence-electron chi connectivity index (χ0n) is 11.0. The van der Waals surface area contributed by atoms with E-state index in [1.165, 1.54) is 0 Å². The van der Waals surface area contributed by atoms with Crippen molar-refractivity contribution in [2.45, 2.75) is 25.4 Å². The molecule has 0 aliphatic carbocycles. The van der Waals surface area contributed by atoms with Gasteiger partial charge in [-0.05, 0) is 24.6 Å². The lowest BCUT2D eigenvalue weighted by Crippen LogP contribution is -2.44. The number of nitrogens with one attached hydrogen (secondary N) is 2. The Labute approximate surface area is 118 Å². The molecule has 1 amide bonds. The Morgan fingerprint density at radius 1 is 1.63 bits per heavy atom. The van der Waals surface area contributed by atoms with Crippen molar-refractivity contribution in [3.63, 3.8) is 0 Å². The molecule has 0 spiro atoms. The molecule has 1 fully saturated rings. The lowest BCUT2D eigenvalue weighted by Gasteiger charge is -2.24. The van der Waals surface area contributed by atoms with Crippen molar-refractivity contribution in [1.82, 2.24) is 10.6 Å². The molecule has 1 saturated heterocycles. The largest absolute Gasteiger partial charge is 0.378 e. The zero-order valence-corrected chi connectivity index (χ0v) is 11.7. The Bertz CT molecular complexity index is 433. The first-order valence-electron chi connectivity index (χ1n) is 6.51. The summed E-state index contributed by atoms with van der Waals surface area (Å²) in [6, 6.07) is 7.60. The van der Waals surface area contributed by atoms with E-state index in [1.54, 1.807) is 0 Å². The Hall–Kier alpha value is -1.10. The van der Waals surface area contributed by atoms with Gasteiger partial charge in [-0.15, -0.1) is 0 Å². The number of benzene rings is 1. The third-order valence-electron chi connectivity index (χ3n) is 3.16. The van der Waals surface area contributed by atoms with Crippen molar-refractivity contribution < 1.29 is 9.53 Å². The molecule has 1 aromatic carbocycles. The van der Waals surface area contributed by atoms with Gasteiger partial charge in [0.15, 0.2) is 0 Å². The second-order valence-corrected chi connectivity index (χ2v) is 5.21. The van der Waals surface area contributed by atoms with E-state index >= 15 is 0 Å². The van der Waals surface area contributed by atoms with Crippen LogP contribution in [0.3, 0.4) is 0 Å². The number of carbonyl (C=O) groups excluding carboxylic acids is 1. The molecule has 19 heavy (non-hydrogen) atoms. The SMILES string of the molecule is C[C@@H](NC(=O)CC1COCCN1)c1cccc(Cl)c1. The summed E-state index contributed by atoms with van der Waals surface area (Å²) < 4.78 is 5.33. The van der Waals surface area contributed by atoms with Crippen molar-refractivity contribution in [1.29, 1.82) is 0 Å². The van der Waals surface area contributed by atoms with E-state index in [-0.39, 0.29) is 18.0 Å². The number of hydrogen-bond acceptors (Lipinski definition) is 3. The van der Waals surface area contributed by atoms with Gasteiger partial charge in [0, 0.05) is 24.0 Å². The maximum Gasteiger partial charge on any atom is 0.222 e. The van der Waals surface area contributed by atoms with E-state index in [0.29, 0.717) is 18.1 Å². The van der Waals surface area contributed by atoms with Crippen molar-refractivity contribution in [2.75, 3.05) is 19.8 Å². The van der Waals surface area contributed by atoms with Gasteiger partial charge in [0.2, 0.25) is 5.91 Å². The summed E-state index contributed by atoms with van der Waals surface area (Å²) in [4.78, 5) is 11.9. The molecule has 2 rings (SSSR count). The molecule has 1 unspecified atom stereocenters. The van der Waals surface area contributed by atoms with Gasteiger partial charge in [0.1, 0.15) is 0 Å². The Kier molecular flexibility index (Phi) is 5.19. The summed E-state index contributed by atoms with van der Waals surface area (Å²) in [6.45, 7) is 4.08. The van der Waals surface area contributed by atoms with Crippen LogP contribution in [-0.2, 0) is 9.53 Å². The maximum absolute atomic E-state index is 11.9. The molecule has 104 valence electrons. The summed E-state index contributed by atoms with van der Waals surface area (Å²) in [5.41, 5.74) is 1.01. The normalized spacial score (nSPS) is 20.8. The summed E-state index contributed by atoms with van der Waals surface area (Å²) >= 11 is 5.94. The average molecular weight is 283 g/mol. The predicted molar refractivity (Wildman–Crippen MR) is 75.2 cm³/mol. The van der Waals surface area contributed by atoms with E-state index in [9.17, 15) is 4.79 Å². The van der Waals surface area contributed by atoms with E-state index < -0.39 is 0 Å². The van der Waals surface area contributed by atoms with Crippen LogP contribution < -0.4 is 10.6 Å². The highest BCUT2D eigenvalue weighted by atomic mass is 35.5. The van der Waals surface area contributed by atoms with Gasteiger partial charge >= 0.3 is 0 Å². The molecule has 2 atom stereocenters. The minimum Gasteiger partial charge on any atom is -0.378 e. The first-order valence-corrected chi connectivity index (χ1v) is 6.89. The highest BCUT2D eigenvalue weighted by Crippen LogP contribution is 2.17. The Balaban J connectivity index is 1.84. The molecule has 2 N–H and O–H groups in total. The standard InChI is InChI=1S/C14H19ClN2O2/c1-10(11-3-2-4-12(15)7-11)17-14(18)8-13-9-19-6-5-16-13/h2-4,7,10,13,16H,5-6,8-9H2,1H3,(H,17,18)/t10-,13?/m1/s1. The lowest BCUT2D eigenvalue weighted by atomic mass is 10.1. The molecule has 5 heteroatoms. The molecule has 0 bridgehead atoms. The van der Waals surface area contributed by atoms with Gasteiger partial charge in [-0.2, -0.15) is 0 Å². The molecular formula is C14H19ClN2O2. The molecule has 4 nitrogen and oxygen atoms in total.